The van der Waals surface area contributed by atoms with Crippen LogP contribution in [0.1, 0.15) is 31.7 Å². The van der Waals surface area contributed by atoms with Crippen molar-refractivity contribution < 1.29 is 19.5 Å². The standard InChI is InChI=1S/C19H27N3O4/c1-19(17(24)25)10-6-12-22(14-19)16(23)9-11-20-18(26)21(2)13-15-7-4-3-5-8-15/h3-5,7-8H,6,9-14H2,1-2H3,(H,20,26)(H,24,25). The Bertz CT molecular complexity index is 649. The Labute approximate surface area is 154 Å². The molecule has 7 nitrogen and oxygen atoms in total. The molecule has 0 saturated carbocycles. The van der Waals surface area contributed by atoms with E-state index in [1.165, 1.54) is 0 Å². The van der Waals surface area contributed by atoms with Gasteiger partial charge < -0.3 is 20.2 Å². The summed E-state index contributed by atoms with van der Waals surface area (Å²) < 4.78 is 0. The molecule has 1 atom stereocenters. The zero-order chi connectivity index (χ0) is 19.2. The molecule has 2 N–H and O–H groups in total. The summed E-state index contributed by atoms with van der Waals surface area (Å²) in [5.41, 5.74) is 0.148. The van der Waals surface area contributed by atoms with Crippen molar-refractivity contribution in [2.75, 3.05) is 26.7 Å². The van der Waals surface area contributed by atoms with Crippen LogP contribution in [0.5, 0.6) is 0 Å². The number of nitrogens with one attached hydrogen (secondary N) is 1. The van der Waals surface area contributed by atoms with Crippen LogP contribution in [0.3, 0.4) is 0 Å². The lowest BCUT2D eigenvalue weighted by Crippen LogP contribution is -2.49. The molecule has 0 spiro atoms. The van der Waals surface area contributed by atoms with Gasteiger partial charge in [-0.1, -0.05) is 30.3 Å². The summed E-state index contributed by atoms with van der Waals surface area (Å²) in [4.78, 5) is 39.0. The average Bonchev–Trinajstić information content (AvgIpc) is 2.62. The van der Waals surface area contributed by atoms with Gasteiger partial charge in [-0.2, -0.15) is 0 Å². The van der Waals surface area contributed by atoms with Crippen LogP contribution in [-0.4, -0.2) is 59.5 Å². The molecule has 1 heterocycles. The molecule has 0 bridgehead atoms. The number of hydrogen-bond donors (Lipinski definition) is 2. The van der Waals surface area contributed by atoms with E-state index in [9.17, 15) is 19.5 Å². The number of piperidine rings is 1. The van der Waals surface area contributed by atoms with E-state index in [-0.39, 0.29) is 31.4 Å². The van der Waals surface area contributed by atoms with Crippen LogP contribution in [0.25, 0.3) is 0 Å². The Morgan fingerprint density at radius 1 is 1.27 bits per heavy atom. The summed E-state index contributed by atoms with van der Waals surface area (Å²) in [6, 6.07) is 9.42. The Balaban J connectivity index is 1.75. The van der Waals surface area contributed by atoms with Crippen molar-refractivity contribution in [2.24, 2.45) is 5.41 Å². The molecule has 1 saturated heterocycles. The van der Waals surface area contributed by atoms with Gasteiger partial charge in [-0.3, -0.25) is 9.59 Å². The van der Waals surface area contributed by atoms with Crippen molar-refractivity contribution in [3.8, 4) is 0 Å². The molecule has 3 amide bonds. The molecule has 1 aliphatic rings. The maximum Gasteiger partial charge on any atom is 0.317 e. The van der Waals surface area contributed by atoms with Crippen LogP contribution < -0.4 is 5.32 Å². The van der Waals surface area contributed by atoms with Crippen molar-refractivity contribution in [3.05, 3.63) is 35.9 Å². The van der Waals surface area contributed by atoms with E-state index < -0.39 is 11.4 Å². The zero-order valence-electron chi connectivity index (χ0n) is 15.4. The van der Waals surface area contributed by atoms with Crippen molar-refractivity contribution in [1.29, 1.82) is 0 Å². The van der Waals surface area contributed by atoms with Gasteiger partial charge in [0, 0.05) is 39.6 Å². The Morgan fingerprint density at radius 3 is 2.62 bits per heavy atom. The maximum absolute atomic E-state index is 12.3. The lowest BCUT2D eigenvalue weighted by molar-refractivity contribution is -0.153. The van der Waals surface area contributed by atoms with Gasteiger partial charge in [0.1, 0.15) is 0 Å². The highest BCUT2D eigenvalue weighted by Gasteiger charge is 2.39. The van der Waals surface area contributed by atoms with E-state index in [1.54, 1.807) is 23.8 Å². The molecule has 1 aliphatic heterocycles. The number of rotatable bonds is 6. The molecule has 1 aromatic carbocycles. The number of aliphatic carboxylic acids is 1. The number of urea groups is 1. The smallest absolute Gasteiger partial charge is 0.317 e. The SMILES string of the molecule is CN(Cc1ccccc1)C(=O)NCCC(=O)N1CCCC(C)(C(=O)O)C1. The Kier molecular flexibility index (Phi) is 6.60. The van der Waals surface area contributed by atoms with Gasteiger partial charge in [0.2, 0.25) is 5.91 Å². The summed E-state index contributed by atoms with van der Waals surface area (Å²) >= 11 is 0. The number of hydrogen-bond acceptors (Lipinski definition) is 3. The minimum absolute atomic E-state index is 0.122. The Hall–Kier alpha value is -2.57. The molecule has 0 aliphatic carbocycles. The van der Waals surface area contributed by atoms with Gasteiger partial charge in [-0.15, -0.1) is 0 Å². The second-order valence-corrected chi connectivity index (χ2v) is 7.11. The fourth-order valence-electron chi connectivity index (χ4n) is 3.13. The van der Waals surface area contributed by atoms with Crippen LogP contribution >= 0.6 is 0 Å². The summed E-state index contributed by atoms with van der Waals surface area (Å²) in [7, 11) is 1.70. The minimum atomic E-state index is -0.882. The van der Waals surface area contributed by atoms with Crippen LogP contribution in [0.4, 0.5) is 4.79 Å². The monoisotopic (exact) mass is 361 g/mol. The van der Waals surface area contributed by atoms with Gasteiger partial charge in [0.25, 0.3) is 0 Å². The predicted octanol–water partition coefficient (Wildman–Crippen LogP) is 1.93. The van der Waals surface area contributed by atoms with E-state index in [4.69, 9.17) is 0 Å². The topological polar surface area (TPSA) is 90.0 Å². The number of carbonyl (C=O) groups is 3. The summed E-state index contributed by atoms with van der Waals surface area (Å²) in [5.74, 6) is -0.992. The predicted molar refractivity (Wildman–Crippen MR) is 97.5 cm³/mol. The van der Waals surface area contributed by atoms with Crippen molar-refractivity contribution in [2.45, 2.75) is 32.7 Å². The van der Waals surface area contributed by atoms with Gasteiger partial charge in [-0.05, 0) is 25.3 Å². The molecular formula is C19H27N3O4. The average molecular weight is 361 g/mol. The maximum atomic E-state index is 12.3. The first-order valence-corrected chi connectivity index (χ1v) is 8.86. The molecule has 1 aromatic rings. The number of nitrogens with zero attached hydrogens (tertiary/aromatic N) is 2. The lowest BCUT2D eigenvalue weighted by atomic mass is 9.82. The second kappa shape index (κ2) is 8.69. The Morgan fingerprint density at radius 2 is 1.96 bits per heavy atom. The van der Waals surface area contributed by atoms with Crippen molar-refractivity contribution in [3.63, 3.8) is 0 Å². The zero-order valence-corrected chi connectivity index (χ0v) is 15.4. The van der Waals surface area contributed by atoms with Crippen LogP contribution in [0, 0.1) is 5.41 Å². The lowest BCUT2D eigenvalue weighted by Gasteiger charge is -2.37. The molecular weight excluding hydrogens is 334 g/mol. The first-order valence-electron chi connectivity index (χ1n) is 8.86. The van der Waals surface area contributed by atoms with E-state index in [0.717, 1.165) is 5.56 Å². The van der Waals surface area contributed by atoms with Crippen molar-refractivity contribution >= 4 is 17.9 Å². The third-order valence-corrected chi connectivity index (χ3v) is 4.79. The number of benzene rings is 1. The third-order valence-electron chi connectivity index (χ3n) is 4.79. The van der Waals surface area contributed by atoms with Gasteiger partial charge >= 0.3 is 12.0 Å². The first kappa shape index (κ1) is 19.8. The molecule has 142 valence electrons. The van der Waals surface area contributed by atoms with E-state index >= 15 is 0 Å². The second-order valence-electron chi connectivity index (χ2n) is 7.11. The largest absolute Gasteiger partial charge is 0.481 e. The van der Waals surface area contributed by atoms with Crippen LogP contribution in [-0.2, 0) is 16.1 Å². The number of carboxylic acid groups (broad SMARTS) is 1. The van der Waals surface area contributed by atoms with E-state index in [0.29, 0.717) is 25.9 Å². The van der Waals surface area contributed by atoms with Crippen LogP contribution in [0.2, 0.25) is 0 Å². The minimum Gasteiger partial charge on any atom is -0.481 e. The summed E-state index contributed by atoms with van der Waals surface area (Å²) in [5, 5.41) is 12.1. The molecule has 0 aromatic heterocycles. The van der Waals surface area contributed by atoms with Gasteiger partial charge in [0.15, 0.2) is 0 Å². The highest BCUT2D eigenvalue weighted by atomic mass is 16.4. The number of carbonyl (C=O) groups excluding carboxylic acids is 2. The molecule has 7 heteroatoms. The molecule has 1 unspecified atom stereocenters. The quantitative estimate of drug-likeness (QED) is 0.810. The number of amides is 3. The summed E-state index contributed by atoms with van der Waals surface area (Å²) in [6.07, 6.45) is 1.43. The highest BCUT2D eigenvalue weighted by molar-refractivity contribution is 5.80. The fraction of sp³-hybridized carbons (Fsp3) is 0.526. The van der Waals surface area contributed by atoms with Crippen LogP contribution in [0.15, 0.2) is 30.3 Å². The molecule has 2 rings (SSSR count). The fourth-order valence-corrected chi connectivity index (χ4v) is 3.13. The molecule has 26 heavy (non-hydrogen) atoms. The number of carboxylic acids is 1. The molecule has 1 fully saturated rings. The third kappa shape index (κ3) is 5.21. The van der Waals surface area contributed by atoms with Gasteiger partial charge in [0.05, 0.1) is 5.41 Å². The van der Waals surface area contributed by atoms with E-state index in [2.05, 4.69) is 5.32 Å². The highest BCUT2D eigenvalue weighted by Crippen LogP contribution is 2.29. The number of likely N-dealkylation sites (tertiary alicyclic amines) is 1. The first-order chi connectivity index (χ1) is 12.3. The van der Waals surface area contributed by atoms with Gasteiger partial charge in [-0.25, -0.2) is 4.79 Å². The van der Waals surface area contributed by atoms with Crippen molar-refractivity contribution in [1.82, 2.24) is 15.1 Å². The van der Waals surface area contributed by atoms with E-state index in [1.807, 2.05) is 30.3 Å². The molecule has 0 radical (unpaired) electrons. The summed E-state index contributed by atoms with van der Waals surface area (Å²) in [6.45, 7) is 3.20. The normalized spacial score (nSPS) is 19.7.